The quantitative estimate of drug-likeness (QED) is 0.519. The summed E-state index contributed by atoms with van der Waals surface area (Å²) in [5, 5.41) is 4.30. The topological polar surface area (TPSA) is 59.7 Å². The lowest BCUT2D eigenvalue weighted by Crippen LogP contribution is -2.35. The van der Waals surface area contributed by atoms with Crippen molar-refractivity contribution in [1.29, 1.82) is 0 Å². The van der Waals surface area contributed by atoms with Crippen molar-refractivity contribution >= 4 is 46.4 Å². The predicted molar refractivity (Wildman–Crippen MR) is 103 cm³/mol. The Morgan fingerprint density at radius 2 is 1.96 bits per heavy atom. The van der Waals surface area contributed by atoms with E-state index < -0.39 is 17.5 Å². The zero-order valence-electron chi connectivity index (χ0n) is 15.1. The number of rotatable bonds is 2. The first-order valence-electron chi connectivity index (χ1n) is 8.06. The molecular formula is C18H17Cl2FN4O2. The van der Waals surface area contributed by atoms with E-state index in [-0.39, 0.29) is 10.2 Å². The fourth-order valence-corrected chi connectivity index (χ4v) is 2.83. The Morgan fingerprint density at radius 1 is 1.26 bits per heavy atom. The first-order chi connectivity index (χ1) is 12.6. The SMILES string of the molecule is Cc1c(Cl)nc2ccnn2c1N(C(=O)OC(C)(C)C)c1ccc(F)c(Cl)c1. The number of nitrogens with zero attached hydrogens (tertiary/aromatic N) is 4. The second-order valence-electron chi connectivity index (χ2n) is 6.87. The Morgan fingerprint density at radius 3 is 2.59 bits per heavy atom. The van der Waals surface area contributed by atoms with Crippen molar-refractivity contribution in [3.05, 3.63) is 52.0 Å². The molecule has 9 heteroatoms. The lowest BCUT2D eigenvalue weighted by atomic mass is 10.2. The molecule has 2 heterocycles. The molecule has 1 aromatic carbocycles. The molecule has 0 spiro atoms. The van der Waals surface area contributed by atoms with Crippen LogP contribution in [0, 0.1) is 12.7 Å². The summed E-state index contributed by atoms with van der Waals surface area (Å²) in [5.41, 5.74) is 0.493. The largest absolute Gasteiger partial charge is 0.443 e. The van der Waals surface area contributed by atoms with E-state index in [9.17, 15) is 9.18 Å². The zero-order valence-corrected chi connectivity index (χ0v) is 16.6. The number of benzene rings is 1. The van der Waals surface area contributed by atoms with Crippen LogP contribution in [-0.2, 0) is 4.74 Å². The highest BCUT2D eigenvalue weighted by atomic mass is 35.5. The van der Waals surface area contributed by atoms with Gasteiger partial charge in [-0.3, -0.25) is 0 Å². The maximum Gasteiger partial charge on any atom is 0.420 e. The van der Waals surface area contributed by atoms with Crippen molar-refractivity contribution in [2.75, 3.05) is 4.90 Å². The van der Waals surface area contributed by atoms with E-state index in [1.165, 1.54) is 33.8 Å². The second-order valence-corrected chi connectivity index (χ2v) is 7.63. The minimum absolute atomic E-state index is 0.129. The first kappa shape index (κ1) is 19.4. The van der Waals surface area contributed by atoms with Gasteiger partial charge in [0.2, 0.25) is 0 Å². The van der Waals surface area contributed by atoms with Gasteiger partial charge in [-0.2, -0.15) is 9.61 Å². The third-order valence-corrected chi connectivity index (χ3v) is 4.29. The van der Waals surface area contributed by atoms with E-state index in [4.69, 9.17) is 27.9 Å². The van der Waals surface area contributed by atoms with Gasteiger partial charge in [0, 0.05) is 11.6 Å². The number of fused-ring (bicyclic) bond motifs is 1. The van der Waals surface area contributed by atoms with Crippen LogP contribution in [-0.4, -0.2) is 26.3 Å². The lowest BCUT2D eigenvalue weighted by molar-refractivity contribution is 0.0597. The van der Waals surface area contributed by atoms with Gasteiger partial charge >= 0.3 is 6.09 Å². The van der Waals surface area contributed by atoms with Crippen molar-refractivity contribution in [3.8, 4) is 0 Å². The van der Waals surface area contributed by atoms with Crippen LogP contribution in [0.1, 0.15) is 26.3 Å². The van der Waals surface area contributed by atoms with Crippen LogP contribution in [0.3, 0.4) is 0 Å². The van der Waals surface area contributed by atoms with Gasteiger partial charge in [-0.15, -0.1) is 0 Å². The minimum Gasteiger partial charge on any atom is -0.443 e. The van der Waals surface area contributed by atoms with E-state index >= 15 is 0 Å². The van der Waals surface area contributed by atoms with Crippen molar-refractivity contribution in [1.82, 2.24) is 14.6 Å². The molecule has 3 rings (SSSR count). The summed E-state index contributed by atoms with van der Waals surface area (Å²) < 4.78 is 20.7. The van der Waals surface area contributed by atoms with Gasteiger partial charge in [-0.1, -0.05) is 23.2 Å². The van der Waals surface area contributed by atoms with E-state index in [0.29, 0.717) is 22.7 Å². The highest BCUT2D eigenvalue weighted by molar-refractivity contribution is 6.31. The second kappa shape index (κ2) is 6.98. The molecule has 142 valence electrons. The third-order valence-electron chi connectivity index (χ3n) is 3.63. The molecule has 6 nitrogen and oxygen atoms in total. The van der Waals surface area contributed by atoms with Crippen LogP contribution in [0.15, 0.2) is 30.5 Å². The van der Waals surface area contributed by atoms with E-state index in [1.54, 1.807) is 33.8 Å². The van der Waals surface area contributed by atoms with E-state index in [2.05, 4.69) is 10.1 Å². The van der Waals surface area contributed by atoms with Crippen LogP contribution in [0.2, 0.25) is 10.2 Å². The van der Waals surface area contributed by atoms with Crippen molar-refractivity contribution in [3.63, 3.8) is 0 Å². The molecule has 3 aromatic rings. The van der Waals surface area contributed by atoms with Crippen LogP contribution >= 0.6 is 23.2 Å². The van der Waals surface area contributed by atoms with Gasteiger partial charge in [0.25, 0.3) is 0 Å². The van der Waals surface area contributed by atoms with Gasteiger partial charge in [0.15, 0.2) is 11.5 Å². The highest BCUT2D eigenvalue weighted by Crippen LogP contribution is 2.35. The number of carbonyl (C=O) groups excluding carboxylic acids is 1. The summed E-state index contributed by atoms with van der Waals surface area (Å²) in [5.74, 6) is -0.273. The summed E-state index contributed by atoms with van der Waals surface area (Å²) in [6.45, 7) is 6.94. The number of hydrogen-bond acceptors (Lipinski definition) is 4. The number of halogens is 3. The molecule has 0 aliphatic carbocycles. The number of ether oxygens (including phenoxy) is 1. The Kier molecular flexibility index (Phi) is 5.01. The fourth-order valence-electron chi connectivity index (χ4n) is 2.49. The number of anilines is 2. The minimum atomic E-state index is -0.757. The monoisotopic (exact) mass is 410 g/mol. The zero-order chi connectivity index (χ0) is 19.9. The summed E-state index contributed by atoms with van der Waals surface area (Å²) in [7, 11) is 0. The van der Waals surface area contributed by atoms with Crippen LogP contribution in [0.25, 0.3) is 5.65 Å². The molecular weight excluding hydrogens is 394 g/mol. The van der Waals surface area contributed by atoms with Gasteiger partial charge in [0.1, 0.15) is 16.6 Å². The predicted octanol–water partition coefficient (Wildman–Crippen LogP) is 5.56. The Balaban J connectivity index is 2.27. The molecule has 0 unspecified atom stereocenters. The van der Waals surface area contributed by atoms with Gasteiger partial charge in [-0.05, 0) is 45.9 Å². The van der Waals surface area contributed by atoms with E-state index in [0.717, 1.165) is 0 Å². The van der Waals surface area contributed by atoms with Crippen molar-refractivity contribution < 1.29 is 13.9 Å². The summed E-state index contributed by atoms with van der Waals surface area (Å²) in [4.78, 5) is 18.5. The molecule has 2 aromatic heterocycles. The van der Waals surface area contributed by atoms with Crippen molar-refractivity contribution in [2.45, 2.75) is 33.3 Å². The summed E-state index contributed by atoms with van der Waals surface area (Å²) in [6.07, 6.45) is 0.847. The van der Waals surface area contributed by atoms with Gasteiger partial charge in [-0.25, -0.2) is 19.1 Å². The number of hydrogen-bond donors (Lipinski definition) is 0. The van der Waals surface area contributed by atoms with Crippen molar-refractivity contribution in [2.24, 2.45) is 0 Å². The number of aromatic nitrogens is 3. The Hall–Kier alpha value is -2.38. The van der Waals surface area contributed by atoms with Crippen LogP contribution in [0.5, 0.6) is 0 Å². The molecule has 0 radical (unpaired) electrons. The molecule has 0 saturated carbocycles. The number of amides is 1. The van der Waals surface area contributed by atoms with Crippen LogP contribution < -0.4 is 4.90 Å². The summed E-state index contributed by atoms with van der Waals surface area (Å²) >= 11 is 12.2. The Labute approximate surface area is 165 Å². The fraction of sp³-hybridized carbons (Fsp3) is 0.278. The van der Waals surface area contributed by atoms with Gasteiger partial charge in [0.05, 0.1) is 16.9 Å². The smallest absolute Gasteiger partial charge is 0.420 e. The number of carbonyl (C=O) groups is 1. The maximum atomic E-state index is 13.7. The lowest BCUT2D eigenvalue weighted by Gasteiger charge is -2.28. The molecule has 0 N–H and O–H groups in total. The standard InChI is InChI=1S/C18H17Cl2FN4O2/c1-10-15(20)23-14-7-8-22-25(14)16(10)24(17(26)27-18(2,3)4)11-5-6-13(21)12(19)9-11/h5-9H,1-4H3. The molecule has 0 saturated heterocycles. The molecule has 0 atom stereocenters. The highest BCUT2D eigenvalue weighted by Gasteiger charge is 2.30. The summed E-state index contributed by atoms with van der Waals surface area (Å²) in [6, 6.07) is 5.59. The van der Waals surface area contributed by atoms with Gasteiger partial charge < -0.3 is 4.74 Å². The Bertz CT molecular complexity index is 1030. The molecule has 0 aliphatic rings. The molecule has 1 amide bonds. The average Bonchev–Trinajstić information content (AvgIpc) is 3.00. The first-order valence-corrected chi connectivity index (χ1v) is 8.82. The normalized spacial score (nSPS) is 11.7. The maximum absolute atomic E-state index is 13.7. The molecule has 27 heavy (non-hydrogen) atoms. The van der Waals surface area contributed by atoms with E-state index in [1.807, 2.05) is 0 Å². The molecule has 0 aliphatic heterocycles. The third kappa shape index (κ3) is 3.84. The van der Waals surface area contributed by atoms with Crippen LogP contribution in [0.4, 0.5) is 20.7 Å². The average molecular weight is 411 g/mol. The molecule has 0 bridgehead atoms. The molecule has 0 fully saturated rings.